The number of carbonyl (C=O) groups is 11. The summed E-state index contributed by atoms with van der Waals surface area (Å²) in [5.41, 5.74) is 8.26. The molecule has 0 saturated carbocycles. The number of aliphatic carboxylic acids is 1. The fourth-order valence-electron chi connectivity index (χ4n) is 13.5. The first-order valence-corrected chi connectivity index (χ1v) is 39.2. The number of carboxylic acids is 1. The number of hydrogen-bond donors (Lipinski definition) is 13. The van der Waals surface area contributed by atoms with Gasteiger partial charge >= 0.3 is 18.1 Å². The van der Waals surface area contributed by atoms with Gasteiger partial charge in [-0.15, -0.1) is 0 Å². The number of carbonyl (C=O) groups excluding carboxylic acids is 10. The van der Waals surface area contributed by atoms with Crippen molar-refractivity contribution < 1.29 is 82.3 Å². The van der Waals surface area contributed by atoms with E-state index in [1.165, 1.54) is 31.9 Å². The van der Waals surface area contributed by atoms with E-state index in [4.69, 9.17) is 19.9 Å². The molecule has 0 spiro atoms. The molecule has 1 saturated heterocycles. The Hall–Kier alpha value is -7.22. The van der Waals surface area contributed by atoms with Crippen molar-refractivity contribution in [2.75, 3.05) is 52.4 Å². The summed E-state index contributed by atoms with van der Waals surface area (Å²) in [5.74, 6) is -7.15. The number of hydrogen-bond acceptors (Lipinski definition) is 16. The summed E-state index contributed by atoms with van der Waals surface area (Å²) in [6.45, 7) is 20.2. The zero-order chi connectivity index (χ0) is 79.2. The van der Waals surface area contributed by atoms with E-state index in [0.717, 1.165) is 44.1 Å². The first-order chi connectivity index (χ1) is 50.4. The molecule has 29 heteroatoms. The molecule has 1 heterocycles. The second-order valence-electron chi connectivity index (χ2n) is 28.8. The number of nitrogens with two attached hydrogens (primary N) is 1. The third kappa shape index (κ3) is 31.2. The highest BCUT2D eigenvalue weighted by molar-refractivity contribution is 14.1. The van der Waals surface area contributed by atoms with Gasteiger partial charge in [0.2, 0.25) is 47.3 Å². The van der Waals surface area contributed by atoms with Crippen LogP contribution in [0.15, 0.2) is 48.5 Å². The van der Waals surface area contributed by atoms with Crippen molar-refractivity contribution in [3.63, 3.8) is 0 Å². The molecule has 1 fully saturated rings. The van der Waals surface area contributed by atoms with Gasteiger partial charge in [-0.25, -0.2) is 9.59 Å². The number of carboxylic acid groups (broad SMARTS) is 1. The van der Waals surface area contributed by atoms with Crippen molar-refractivity contribution >= 4 is 93.6 Å². The maximum Gasteiger partial charge on any atom is 0.408 e. The smallest absolute Gasteiger partial charge is 0.408 e. The van der Waals surface area contributed by atoms with Crippen molar-refractivity contribution in [3.8, 4) is 0 Å². The summed E-state index contributed by atoms with van der Waals surface area (Å²) >= 11 is 2.24. The number of alkyl carbamates (subject to hydrolysis) is 1. The molecule has 2 aromatic rings. The zero-order valence-electron chi connectivity index (χ0n) is 64.9. The molecule has 2 aromatic carbocycles. The number of benzene rings is 2. The van der Waals surface area contributed by atoms with Crippen molar-refractivity contribution in [3.05, 3.63) is 65.2 Å². The Kier molecular flexibility index (Phi) is 42.9. The van der Waals surface area contributed by atoms with E-state index in [1.54, 1.807) is 51.7 Å². The molecule has 14 N–H and O–H groups in total. The van der Waals surface area contributed by atoms with Crippen LogP contribution in [-0.4, -0.2) is 191 Å². The Morgan fingerprint density at radius 2 is 1.33 bits per heavy atom. The maximum absolute atomic E-state index is 14.5. The third-order valence-electron chi connectivity index (χ3n) is 20.2. The summed E-state index contributed by atoms with van der Waals surface area (Å²) in [6, 6.07) is 7.04. The van der Waals surface area contributed by atoms with Crippen LogP contribution in [-0.2, 0) is 70.4 Å². The van der Waals surface area contributed by atoms with Gasteiger partial charge in [0.15, 0.2) is 0 Å². The first kappa shape index (κ1) is 93.0. The molecular weight excluding hydrogens is 1480 g/mol. The Morgan fingerprint density at radius 1 is 0.660 bits per heavy atom. The highest BCUT2D eigenvalue weighted by atomic mass is 127. The quantitative estimate of drug-likeness (QED) is 0.0173. The van der Waals surface area contributed by atoms with E-state index >= 15 is 0 Å². The van der Waals surface area contributed by atoms with Crippen LogP contribution in [0.4, 0.5) is 15.3 Å². The predicted octanol–water partition coefficient (Wildman–Crippen LogP) is 7.56. The van der Waals surface area contributed by atoms with E-state index < -0.39 is 136 Å². The molecule has 3 rings (SSSR count). The van der Waals surface area contributed by atoms with Crippen LogP contribution >= 0.6 is 22.6 Å². The minimum absolute atomic E-state index is 0.0592. The molecule has 106 heavy (non-hydrogen) atoms. The van der Waals surface area contributed by atoms with Crippen LogP contribution in [0.1, 0.15) is 214 Å². The number of halogens is 1. The summed E-state index contributed by atoms with van der Waals surface area (Å²) in [7, 11) is 2.97. The lowest BCUT2D eigenvalue weighted by molar-refractivity contribution is -0.143. The van der Waals surface area contributed by atoms with E-state index in [2.05, 4.69) is 96.4 Å². The zero-order valence-corrected chi connectivity index (χ0v) is 67.1. The number of methoxy groups -OCH3 is 2. The number of unbranched alkanes of at least 4 members (excludes halogenated alkanes) is 3. The molecule has 14 atom stereocenters. The number of anilines is 1. The van der Waals surface area contributed by atoms with E-state index in [1.807, 2.05) is 39.8 Å². The molecule has 1 aliphatic rings. The average Bonchev–Trinajstić information content (AvgIpc) is 1.44. The van der Waals surface area contributed by atoms with Gasteiger partial charge in [-0.05, 0) is 123 Å². The van der Waals surface area contributed by atoms with Gasteiger partial charge < -0.3 is 88.0 Å². The topological polar surface area (TPSA) is 414 Å². The number of aliphatic hydroxyl groups is 2. The van der Waals surface area contributed by atoms with Crippen molar-refractivity contribution in [1.82, 2.24) is 47.4 Å². The number of alkyl halides is 1. The molecule has 3 unspecified atom stereocenters. The fourth-order valence-corrected chi connectivity index (χ4v) is 14.4. The largest absolute Gasteiger partial charge is 0.481 e. The molecule has 28 nitrogen and oxygen atoms in total. The van der Waals surface area contributed by atoms with Crippen LogP contribution in [0.2, 0.25) is 0 Å². The average molecular weight is 1600 g/mol. The van der Waals surface area contributed by atoms with Crippen LogP contribution in [0.5, 0.6) is 0 Å². The number of ether oxygens (including phenoxy) is 3. The lowest BCUT2D eigenvalue weighted by Gasteiger charge is -2.37. The Balaban J connectivity index is 1.61. The van der Waals surface area contributed by atoms with E-state index in [0.29, 0.717) is 81.6 Å². The van der Waals surface area contributed by atoms with Crippen LogP contribution in [0.25, 0.3) is 0 Å². The molecular formula is C77H126IN11O17. The van der Waals surface area contributed by atoms with Crippen LogP contribution in [0.3, 0.4) is 0 Å². The summed E-state index contributed by atoms with van der Waals surface area (Å²) in [5, 5.41) is 55.1. The number of primary amides is 1. The maximum atomic E-state index is 14.5. The number of amides is 11. The minimum Gasteiger partial charge on any atom is -0.481 e. The second-order valence-corrected chi connectivity index (χ2v) is 31.0. The number of nitrogens with one attached hydrogen (secondary N) is 9. The standard InChI is InChI=1S/C77H126IN11O17/c1-14-19-36-77(78,18-5)57(42-64(94)95)70(97)80-37-22-20-21-31-62(92)86-65(47(6)7)73(100)84-58(29-24-38-81-75(79)102)71(98)82-55-34-32-51(33-35-55)46-106-76(103)85-59(45-91)72(99)87-66(48(8)9)74(101)88-67(49(10)16-3)61(104-12)43-63(93)89-39-25-30-60(89)68(105-13)50(11)69(96)83-56(44-90)41-52-27-23-28-54(40-52)53(17-4)26-15-2/h23,27-28,32-35,40,47-50,53,56-61,65-68,90-91H,14-22,24-26,29-31,36-39,41-46H2,1-13H3,(H,80,97)(H,82,98)(H,83,96)(H,84,100)(H,85,103)(H,86,92)(H,87,99)(H,88,101)(H,94,95)(H3,79,81,102)/t49-,50+,53?,56-,57?,58-,59-,60-,61+,65-,66-,67-,68+,77?/m0/s1. The first-order valence-electron chi connectivity index (χ1n) is 38.1. The lowest BCUT2D eigenvalue weighted by atomic mass is 9.83. The molecule has 0 aliphatic carbocycles. The van der Waals surface area contributed by atoms with Gasteiger partial charge in [0, 0.05) is 49.4 Å². The molecule has 0 radical (unpaired) electrons. The van der Waals surface area contributed by atoms with Gasteiger partial charge in [-0.1, -0.05) is 167 Å². The summed E-state index contributed by atoms with van der Waals surface area (Å²) < 4.78 is 16.9. The SMILES string of the molecule is CCCCC(I)(CC)C(CC(=O)O)C(=O)NCCCCCC(=O)N[C@H](C(=O)N[C@@H](CCCNC(N)=O)C(=O)Nc1ccc(COC(=O)N[C@@H](CO)C(=O)N[C@H](C(=O)N[C@@H]([C@@H](C)CC)[C@@H](CC(=O)N2CCC[C@H]2[C@H](OC)[C@@H](C)C(=O)N[C@H](CO)Cc2cccc(C(CC)CCC)c2)OC)C(C)C)cc1)C(C)C. The molecule has 0 aromatic heterocycles. The molecule has 0 bridgehead atoms. The normalized spacial score (nSPS) is 16.9. The molecule has 11 amide bonds. The highest BCUT2D eigenvalue weighted by Crippen LogP contribution is 2.40. The van der Waals surface area contributed by atoms with E-state index in [-0.39, 0.29) is 75.5 Å². The van der Waals surface area contributed by atoms with Gasteiger partial charge in [0.1, 0.15) is 30.8 Å². The summed E-state index contributed by atoms with van der Waals surface area (Å²) in [4.78, 5) is 149. The Bertz CT molecular complexity index is 3090. The van der Waals surface area contributed by atoms with Crippen molar-refractivity contribution in [2.24, 2.45) is 35.3 Å². The van der Waals surface area contributed by atoms with Crippen molar-refractivity contribution in [1.29, 1.82) is 0 Å². The molecule has 1 aliphatic heterocycles. The van der Waals surface area contributed by atoms with Crippen molar-refractivity contribution in [2.45, 2.75) is 269 Å². The predicted molar refractivity (Wildman–Crippen MR) is 414 cm³/mol. The third-order valence-corrected chi connectivity index (χ3v) is 22.2. The Labute approximate surface area is 641 Å². The monoisotopic (exact) mass is 1600 g/mol. The number of rotatable bonds is 51. The highest BCUT2D eigenvalue weighted by Gasteiger charge is 2.44. The lowest BCUT2D eigenvalue weighted by Crippen LogP contribution is -2.59. The number of aliphatic hydroxyl groups excluding tert-OH is 2. The van der Waals surface area contributed by atoms with E-state index in [9.17, 15) is 68.1 Å². The number of nitrogens with zero attached hydrogens (tertiary/aromatic N) is 1. The van der Waals surface area contributed by atoms with Gasteiger partial charge in [-0.3, -0.25) is 43.2 Å². The van der Waals surface area contributed by atoms with Crippen LogP contribution < -0.4 is 53.6 Å². The summed E-state index contributed by atoms with van der Waals surface area (Å²) in [6.07, 6.45) is 7.47. The minimum atomic E-state index is -1.56. The van der Waals surface area contributed by atoms with Crippen LogP contribution in [0, 0.1) is 29.6 Å². The Morgan fingerprint density at radius 3 is 1.92 bits per heavy atom. The second kappa shape index (κ2) is 49.0. The number of likely N-dealkylation sites (tertiary alicyclic amines) is 1. The van der Waals surface area contributed by atoms with Gasteiger partial charge in [-0.2, -0.15) is 0 Å². The molecule has 598 valence electrons. The van der Waals surface area contributed by atoms with Gasteiger partial charge in [0.25, 0.3) is 0 Å². The van der Waals surface area contributed by atoms with Gasteiger partial charge in [0.05, 0.1) is 68.2 Å². The number of urea groups is 1. The fraction of sp³-hybridized carbons (Fsp3) is 0.701.